The highest BCUT2D eigenvalue weighted by Gasteiger charge is 2.08. The number of fused-ring (bicyclic) bond motifs is 1. The number of rotatable bonds is 6. The molecule has 0 saturated carbocycles. The number of aromatic nitrogens is 2. The first-order chi connectivity index (χ1) is 9.56. The van der Waals surface area contributed by atoms with Crippen molar-refractivity contribution in [3.8, 4) is 0 Å². The second-order valence-corrected chi connectivity index (χ2v) is 4.87. The summed E-state index contributed by atoms with van der Waals surface area (Å²) in [6.07, 6.45) is -0.934. The summed E-state index contributed by atoms with van der Waals surface area (Å²) in [7, 11) is 0. The van der Waals surface area contributed by atoms with E-state index in [1.54, 1.807) is 13.8 Å². The van der Waals surface area contributed by atoms with Gasteiger partial charge >= 0.3 is 0 Å². The maximum absolute atomic E-state index is 9.38. The molecule has 2 atom stereocenters. The zero-order valence-corrected chi connectivity index (χ0v) is 11.7. The molecule has 0 unspecified atom stereocenters. The van der Waals surface area contributed by atoms with E-state index in [4.69, 9.17) is 0 Å². The van der Waals surface area contributed by atoms with E-state index in [9.17, 15) is 10.2 Å². The summed E-state index contributed by atoms with van der Waals surface area (Å²) in [6, 6.07) is 7.66. The van der Waals surface area contributed by atoms with Crippen LogP contribution in [0.2, 0.25) is 0 Å². The van der Waals surface area contributed by atoms with Crippen LogP contribution in [-0.2, 0) is 0 Å². The molecule has 0 amide bonds. The van der Waals surface area contributed by atoms with Crippen molar-refractivity contribution in [1.82, 2.24) is 9.97 Å². The molecular weight excluding hydrogens is 256 g/mol. The topological polar surface area (TPSA) is 90.3 Å². The number of hydrogen-bond acceptors (Lipinski definition) is 6. The Bertz CT molecular complexity index is 572. The summed E-state index contributed by atoms with van der Waals surface area (Å²) in [6.45, 7) is 4.20. The van der Waals surface area contributed by atoms with E-state index >= 15 is 0 Å². The van der Waals surface area contributed by atoms with E-state index in [0.717, 1.165) is 10.9 Å². The molecule has 0 saturated heterocycles. The lowest BCUT2D eigenvalue weighted by molar-refractivity contribution is 0.208. The van der Waals surface area contributed by atoms with Crippen LogP contribution >= 0.6 is 0 Å². The van der Waals surface area contributed by atoms with Crippen LogP contribution in [0.3, 0.4) is 0 Å². The summed E-state index contributed by atoms with van der Waals surface area (Å²) in [5.74, 6) is 1.13. The van der Waals surface area contributed by atoms with Gasteiger partial charge in [0.25, 0.3) is 0 Å². The van der Waals surface area contributed by atoms with E-state index in [2.05, 4.69) is 20.6 Å². The molecule has 6 nitrogen and oxygen atoms in total. The van der Waals surface area contributed by atoms with Gasteiger partial charge in [0.05, 0.1) is 17.7 Å². The molecule has 0 bridgehead atoms. The maximum Gasteiger partial charge on any atom is 0.225 e. The molecule has 2 aromatic rings. The van der Waals surface area contributed by atoms with Gasteiger partial charge in [-0.3, -0.25) is 0 Å². The molecule has 4 N–H and O–H groups in total. The molecular formula is C14H20N4O2. The normalized spacial score (nSPS) is 14.0. The molecule has 6 heteroatoms. The zero-order chi connectivity index (χ0) is 14.5. The molecule has 1 heterocycles. The molecule has 0 aliphatic rings. The SMILES string of the molecule is C[C@@H](O)CNc1nc(NC[C@@H](C)O)c2ccccc2n1. The molecule has 0 radical (unpaired) electrons. The van der Waals surface area contributed by atoms with E-state index in [-0.39, 0.29) is 0 Å². The minimum Gasteiger partial charge on any atom is -0.392 e. The summed E-state index contributed by atoms with van der Waals surface area (Å²) < 4.78 is 0. The third kappa shape index (κ3) is 3.79. The lowest BCUT2D eigenvalue weighted by atomic mass is 10.2. The lowest BCUT2D eigenvalue weighted by Gasteiger charge is -2.13. The van der Waals surface area contributed by atoms with Gasteiger partial charge in [0, 0.05) is 18.5 Å². The average Bonchev–Trinajstić information content (AvgIpc) is 2.42. The molecule has 108 valence electrons. The fourth-order valence-electron chi connectivity index (χ4n) is 1.77. The Morgan fingerprint density at radius 1 is 1.00 bits per heavy atom. The molecule has 0 aliphatic heterocycles. The summed E-state index contributed by atoms with van der Waals surface area (Å²) in [5, 5.41) is 25.7. The lowest BCUT2D eigenvalue weighted by Crippen LogP contribution is -2.19. The number of hydrogen-bond donors (Lipinski definition) is 4. The monoisotopic (exact) mass is 276 g/mol. The molecule has 0 spiro atoms. The summed E-state index contributed by atoms with van der Waals surface area (Å²) in [4.78, 5) is 8.79. The van der Waals surface area contributed by atoms with E-state index in [1.165, 1.54) is 0 Å². The second-order valence-electron chi connectivity index (χ2n) is 4.87. The zero-order valence-electron chi connectivity index (χ0n) is 11.7. The van der Waals surface area contributed by atoms with Crippen molar-refractivity contribution < 1.29 is 10.2 Å². The Morgan fingerprint density at radius 3 is 2.35 bits per heavy atom. The Kier molecular flexibility index (Phi) is 4.70. The van der Waals surface area contributed by atoms with Crippen molar-refractivity contribution >= 4 is 22.7 Å². The Morgan fingerprint density at radius 2 is 1.65 bits per heavy atom. The van der Waals surface area contributed by atoms with Gasteiger partial charge in [-0.05, 0) is 26.0 Å². The molecule has 0 fully saturated rings. The van der Waals surface area contributed by atoms with E-state index in [0.29, 0.717) is 24.9 Å². The highest BCUT2D eigenvalue weighted by atomic mass is 16.3. The van der Waals surface area contributed by atoms with E-state index < -0.39 is 12.2 Å². The standard InChI is InChI=1S/C14H20N4O2/c1-9(19)7-15-13-11-5-3-4-6-12(11)17-14(18-13)16-8-10(2)20/h3-6,9-10,19-20H,7-8H2,1-2H3,(H2,15,16,17,18)/t9-,10-/m1/s1. The quantitative estimate of drug-likeness (QED) is 0.634. The number of nitrogens with one attached hydrogen (secondary N) is 2. The minimum absolute atomic E-state index is 0.383. The maximum atomic E-state index is 9.38. The summed E-state index contributed by atoms with van der Waals surface area (Å²) in [5.41, 5.74) is 0.809. The molecule has 0 aliphatic carbocycles. The van der Waals surface area contributed by atoms with Crippen LogP contribution in [0.4, 0.5) is 11.8 Å². The largest absolute Gasteiger partial charge is 0.392 e. The van der Waals surface area contributed by atoms with Gasteiger partial charge in [0.15, 0.2) is 0 Å². The Labute approximate surface area is 117 Å². The third-order valence-electron chi connectivity index (χ3n) is 2.72. The number of aliphatic hydroxyl groups is 2. The van der Waals surface area contributed by atoms with Crippen LogP contribution in [0, 0.1) is 0 Å². The number of nitrogens with zero attached hydrogens (tertiary/aromatic N) is 2. The Balaban J connectivity index is 2.31. The number of para-hydroxylation sites is 1. The van der Waals surface area contributed by atoms with Crippen molar-refractivity contribution in [3.63, 3.8) is 0 Å². The molecule has 1 aromatic carbocycles. The molecule has 2 rings (SSSR count). The van der Waals surface area contributed by atoms with Gasteiger partial charge in [0.1, 0.15) is 5.82 Å². The first kappa shape index (κ1) is 14.5. The van der Waals surface area contributed by atoms with Crippen molar-refractivity contribution in [1.29, 1.82) is 0 Å². The van der Waals surface area contributed by atoms with Gasteiger partial charge < -0.3 is 20.8 Å². The van der Waals surface area contributed by atoms with Crippen molar-refractivity contribution in [3.05, 3.63) is 24.3 Å². The fraction of sp³-hybridized carbons (Fsp3) is 0.429. The van der Waals surface area contributed by atoms with Gasteiger partial charge in [-0.25, -0.2) is 4.98 Å². The highest BCUT2D eigenvalue weighted by Crippen LogP contribution is 2.21. The first-order valence-electron chi connectivity index (χ1n) is 6.67. The van der Waals surface area contributed by atoms with Gasteiger partial charge in [-0.1, -0.05) is 12.1 Å². The van der Waals surface area contributed by atoms with Crippen LogP contribution in [0.1, 0.15) is 13.8 Å². The summed E-state index contributed by atoms with van der Waals surface area (Å²) >= 11 is 0. The number of aliphatic hydroxyl groups excluding tert-OH is 2. The van der Waals surface area contributed by atoms with Gasteiger partial charge in [-0.15, -0.1) is 0 Å². The predicted molar refractivity (Wildman–Crippen MR) is 79.9 cm³/mol. The van der Waals surface area contributed by atoms with Gasteiger partial charge in [0.2, 0.25) is 5.95 Å². The second kappa shape index (κ2) is 6.49. The van der Waals surface area contributed by atoms with Crippen molar-refractivity contribution in [2.75, 3.05) is 23.7 Å². The van der Waals surface area contributed by atoms with Crippen molar-refractivity contribution in [2.24, 2.45) is 0 Å². The van der Waals surface area contributed by atoms with Crippen LogP contribution in [0.5, 0.6) is 0 Å². The number of benzene rings is 1. The van der Waals surface area contributed by atoms with E-state index in [1.807, 2.05) is 24.3 Å². The fourth-order valence-corrected chi connectivity index (χ4v) is 1.77. The number of anilines is 2. The average molecular weight is 276 g/mol. The minimum atomic E-state index is -0.473. The van der Waals surface area contributed by atoms with Gasteiger partial charge in [-0.2, -0.15) is 4.98 Å². The smallest absolute Gasteiger partial charge is 0.225 e. The molecule has 1 aromatic heterocycles. The highest BCUT2D eigenvalue weighted by molar-refractivity contribution is 5.90. The molecule has 20 heavy (non-hydrogen) atoms. The van der Waals surface area contributed by atoms with Crippen molar-refractivity contribution in [2.45, 2.75) is 26.1 Å². The Hall–Kier alpha value is -1.92. The third-order valence-corrected chi connectivity index (χ3v) is 2.72. The predicted octanol–water partition coefficient (Wildman–Crippen LogP) is 1.22. The van der Waals surface area contributed by atoms with Crippen LogP contribution in [0.25, 0.3) is 10.9 Å². The van der Waals surface area contributed by atoms with Crippen LogP contribution in [-0.4, -0.2) is 45.5 Å². The van der Waals surface area contributed by atoms with Crippen LogP contribution < -0.4 is 10.6 Å². The first-order valence-corrected chi connectivity index (χ1v) is 6.67. The van der Waals surface area contributed by atoms with Crippen LogP contribution in [0.15, 0.2) is 24.3 Å².